The molecule has 1 aromatic carbocycles. The molecule has 0 aliphatic heterocycles. The molecule has 0 radical (unpaired) electrons. The predicted molar refractivity (Wildman–Crippen MR) is 83.6 cm³/mol. The van der Waals surface area contributed by atoms with Gasteiger partial charge in [0.25, 0.3) is 5.91 Å². The number of nitrogens with two attached hydrogens (primary N) is 1. The van der Waals surface area contributed by atoms with Crippen LogP contribution in [0.25, 0.3) is 5.69 Å². The summed E-state index contributed by atoms with van der Waals surface area (Å²) in [4.78, 5) is 12.0. The van der Waals surface area contributed by atoms with E-state index in [1.165, 1.54) is 0 Å². The number of benzene rings is 1. The molecule has 2 rings (SSSR count). The van der Waals surface area contributed by atoms with Crippen LogP contribution in [-0.4, -0.2) is 28.3 Å². The second-order valence-electron chi connectivity index (χ2n) is 5.41. The van der Waals surface area contributed by atoms with Crippen LogP contribution >= 0.6 is 0 Å². The molecule has 21 heavy (non-hydrogen) atoms. The van der Waals surface area contributed by atoms with E-state index in [0.29, 0.717) is 12.1 Å². The number of hydrogen-bond donors (Lipinski definition) is 2. The highest BCUT2D eigenvalue weighted by atomic mass is 16.1. The summed E-state index contributed by atoms with van der Waals surface area (Å²) in [6.07, 6.45) is 0.773. The molecule has 1 unspecified atom stereocenters. The number of rotatable bonds is 5. The van der Waals surface area contributed by atoms with Gasteiger partial charge < -0.3 is 11.1 Å². The Morgan fingerprint density at radius 3 is 2.52 bits per heavy atom. The molecule has 1 atom stereocenters. The number of carbonyl (C=O) groups excluding carboxylic acids is 1. The van der Waals surface area contributed by atoms with Gasteiger partial charge in [-0.1, -0.05) is 0 Å². The van der Waals surface area contributed by atoms with Gasteiger partial charge in [0, 0.05) is 23.8 Å². The number of amides is 1. The van der Waals surface area contributed by atoms with E-state index in [4.69, 9.17) is 5.73 Å². The maximum absolute atomic E-state index is 12.0. The van der Waals surface area contributed by atoms with Crippen molar-refractivity contribution in [3.63, 3.8) is 0 Å². The first-order chi connectivity index (χ1) is 9.97. The highest BCUT2D eigenvalue weighted by molar-refractivity contribution is 5.94. The molecule has 5 nitrogen and oxygen atoms in total. The van der Waals surface area contributed by atoms with Gasteiger partial charge in [-0.2, -0.15) is 5.10 Å². The Balaban J connectivity index is 2.05. The lowest BCUT2D eigenvalue weighted by atomic mass is 10.2. The fourth-order valence-electron chi connectivity index (χ4n) is 2.16. The molecule has 3 N–H and O–H groups in total. The smallest absolute Gasteiger partial charge is 0.251 e. The van der Waals surface area contributed by atoms with Crippen molar-refractivity contribution >= 4 is 5.91 Å². The fraction of sp³-hybridized carbons (Fsp3) is 0.375. The first-order valence-electron chi connectivity index (χ1n) is 7.15. The van der Waals surface area contributed by atoms with Crippen LogP contribution in [0.1, 0.15) is 35.1 Å². The van der Waals surface area contributed by atoms with Crippen LogP contribution in [-0.2, 0) is 0 Å². The minimum absolute atomic E-state index is 0.0735. The molecular formula is C16H22N4O. The van der Waals surface area contributed by atoms with Crippen molar-refractivity contribution < 1.29 is 4.79 Å². The summed E-state index contributed by atoms with van der Waals surface area (Å²) in [6.45, 7) is 6.49. The van der Waals surface area contributed by atoms with Crippen LogP contribution in [0.5, 0.6) is 0 Å². The molecule has 1 amide bonds. The van der Waals surface area contributed by atoms with E-state index in [2.05, 4.69) is 10.4 Å². The summed E-state index contributed by atoms with van der Waals surface area (Å²) in [5, 5.41) is 7.29. The quantitative estimate of drug-likeness (QED) is 0.882. The number of aromatic nitrogens is 2. The summed E-state index contributed by atoms with van der Waals surface area (Å²) < 4.78 is 1.87. The van der Waals surface area contributed by atoms with Gasteiger partial charge in [-0.15, -0.1) is 0 Å². The lowest BCUT2D eigenvalue weighted by molar-refractivity contribution is 0.0953. The van der Waals surface area contributed by atoms with Gasteiger partial charge in [-0.3, -0.25) is 4.79 Å². The third-order valence-electron chi connectivity index (χ3n) is 3.27. The fourth-order valence-corrected chi connectivity index (χ4v) is 2.16. The highest BCUT2D eigenvalue weighted by Gasteiger charge is 2.07. The third-order valence-corrected chi connectivity index (χ3v) is 3.27. The van der Waals surface area contributed by atoms with Crippen LogP contribution in [0.4, 0.5) is 0 Å². The van der Waals surface area contributed by atoms with Crippen LogP contribution < -0.4 is 11.1 Å². The van der Waals surface area contributed by atoms with E-state index >= 15 is 0 Å². The zero-order valence-corrected chi connectivity index (χ0v) is 12.8. The van der Waals surface area contributed by atoms with Gasteiger partial charge in [-0.25, -0.2) is 4.68 Å². The lowest BCUT2D eigenvalue weighted by Gasteiger charge is -2.08. The second kappa shape index (κ2) is 6.54. The maximum atomic E-state index is 12.0. The van der Waals surface area contributed by atoms with E-state index in [1.54, 1.807) is 0 Å². The number of carbonyl (C=O) groups is 1. The van der Waals surface area contributed by atoms with Gasteiger partial charge in [-0.05, 0) is 57.5 Å². The summed E-state index contributed by atoms with van der Waals surface area (Å²) in [5.41, 5.74) is 9.30. The molecule has 1 aromatic heterocycles. The first-order valence-corrected chi connectivity index (χ1v) is 7.15. The van der Waals surface area contributed by atoms with E-state index < -0.39 is 0 Å². The molecule has 112 valence electrons. The monoisotopic (exact) mass is 286 g/mol. The number of nitrogens with zero attached hydrogens (tertiary/aromatic N) is 2. The molecule has 0 saturated carbocycles. The largest absolute Gasteiger partial charge is 0.352 e. The number of hydrogen-bond acceptors (Lipinski definition) is 3. The van der Waals surface area contributed by atoms with Crippen LogP contribution in [0, 0.1) is 13.8 Å². The average Bonchev–Trinajstić information content (AvgIpc) is 2.77. The summed E-state index contributed by atoms with van der Waals surface area (Å²) >= 11 is 0. The Morgan fingerprint density at radius 2 is 2.00 bits per heavy atom. The predicted octanol–water partition coefficient (Wildman–Crippen LogP) is 1.96. The molecule has 0 aliphatic carbocycles. The minimum atomic E-state index is -0.0735. The van der Waals surface area contributed by atoms with Crippen molar-refractivity contribution in [2.45, 2.75) is 33.2 Å². The van der Waals surface area contributed by atoms with Crippen molar-refractivity contribution in [2.24, 2.45) is 5.73 Å². The van der Waals surface area contributed by atoms with Gasteiger partial charge in [0.15, 0.2) is 0 Å². The second-order valence-corrected chi connectivity index (χ2v) is 5.41. The minimum Gasteiger partial charge on any atom is -0.352 e. The van der Waals surface area contributed by atoms with Crippen LogP contribution in [0.3, 0.4) is 0 Å². The van der Waals surface area contributed by atoms with Crippen molar-refractivity contribution in [3.05, 3.63) is 47.3 Å². The van der Waals surface area contributed by atoms with Gasteiger partial charge in [0.05, 0.1) is 11.4 Å². The summed E-state index contributed by atoms with van der Waals surface area (Å²) in [5.74, 6) is -0.0735. The molecule has 0 spiro atoms. The van der Waals surface area contributed by atoms with E-state index in [-0.39, 0.29) is 11.9 Å². The molecule has 0 bridgehead atoms. The molecule has 0 fully saturated rings. The van der Waals surface area contributed by atoms with Crippen molar-refractivity contribution in [1.82, 2.24) is 15.1 Å². The zero-order valence-electron chi connectivity index (χ0n) is 12.8. The van der Waals surface area contributed by atoms with E-state index in [1.807, 2.05) is 55.8 Å². The van der Waals surface area contributed by atoms with Crippen molar-refractivity contribution in [2.75, 3.05) is 6.54 Å². The number of nitrogens with one attached hydrogen (secondary N) is 1. The van der Waals surface area contributed by atoms with Gasteiger partial charge in [0.2, 0.25) is 0 Å². The van der Waals surface area contributed by atoms with Crippen molar-refractivity contribution in [1.29, 1.82) is 0 Å². The van der Waals surface area contributed by atoms with Gasteiger partial charge >= 0.3 is 0 Å². The van der Waals surface area contributed by atoms with Gasteiger partial charge in [0.1, 0.15) is 0 Å². The normalized spacial score (nSPS) is 12.2. The summed E-state index contributed by atoms with van der Waals surface area (Å²) in [6, 6.07) is 9.55. The van der Waals surface area contributed by atoms with Crippen molar-refractivity contribution in [3.8, 4) is 5.69 Å². The standard InChI is InChI=1S/C16H22N4O/c1-11(17)8-9-18-16(21)14-4-6-15(7-5-14)20-13(3)10-12(2)19-20/h4-7,10-11H,8-9,17H2,1-3H3,(H,18,21). The zero-order chi connectivity index (χ0) is 15.4. The molecular weight excluding hydrogens is 264 g/mol. The Kier molecular flexibility index (Phi) is 4.75. The Hall–Kier alpha value is -2.14. The third kappa shape index (κ3) is 3.92. The maximum Gasteiger partial charge on any atom is 0.251 e. The highest BCUT2D eigenvalue weighted by Crippen LogP contribution is 2.13. The van der Waals surface area contributed by atoms with Crippen LogP contribution in [0.2, 0.25) is 0 Å². The Morgan fingerprint density at radius 1 is 1.33 bits per heavy atom. The average molecular weight is 286 g/mol. The molecule has 0 saturated heterocycles. The Bertz CT molecular complexity index is 614. The first kappa shape index (κ1) is 15.3. The topological polar surface area (TPSA) is 72.9 Å². The molecule has 2 aromatic rings. The van der Waals surface area contributed by atoms with Crippen LogP contribution in [0.15, 0.2) is 30.3 Å². The molecule has 1 heterocycles. The lowest BCUT2D eigenvalue weighted by Crippen LogP contribution is -2.28. The SMILES string of the molecule is Cc1cc(C)n(-c2ccc(C(=O)NCCC(C)N)cc2)n1. The molecule has 0 aliphatic rings. The van der Waals surface area contributed by atoms with E-state index in [0.717, 1.165) is 23.5 Å². The number of aryl methyl sites for hydroxylation is 2. The molecule has 5 heteroatoms. The summed E-state index contributed by atoms with van der Waals surface area (Å²) in [7, 11) is 0. The Labute approximate surface area is 125 Å². The van der Waals surface area contributed by atoms with E-state index in [9.17, 15) is 4.79 Å².